The van der Waals surface area contributed by atoms with Crippen molar-refractivity contribution >= 4 is 27.4 Å². The Labute approximate surface area is 147 Å². The molecule has 0 N–H and O–H groups in total. The third-order valence-electron chi connectivity index (χ3n) is 3.65. The fourth-order valence-electron chi connectivity index (χ4n) is 2.46. The normalized spacial score (nSPS) is 10.4. The van der Waals surface area contributed by atoms with Gasteiger partial charge in [0.15, 0.2) is 5.78 Å². The number of non-ortho nitro benzene ring substituents is 1. The molecule has 0 saturated carbocycles. The van der Waals surface area contributed by atoms with E-state index in [1.165, 1.54) is 18.2 Å². The minimum atomic E-state index is -0.459. The highest BCUT2D eigenvalue weighted by Crippen LogP contribution is 2.30. The van der Waals surface area contributed by atoms with Crippen molar-refractivity contribution in [3.05, 3.63) is 98.5 Å². The number of nitro benzene ring substituents is 1. The van der Waals surface area contributed by atoms with Crippen molar-refractivity contribution in [2.75, 3.05) is 0 Å². The number of nitrogens with zero attached hydrogens (tertiary/aromatic N) is 1. The molecule has 0 aliphatic carbocycles. The maximum absolute atomic E-state index is 12.8. The van der Waals surface area contributed by atoms with Gasteiger partial charge in [-0.1, -0.05) is 58.4 Å². The van der Waals surface area contributed by atoms with Crippen molar-refractivity contribution in [3.8, 4) is 11.1 Å². The lowest BCUT2D eigenvalue weighted by Crippen LogP contribution is -2.04. The summed E-state index contributed by atoms with van der Waals surface area (Å²) in [7, 11) is 0. The van der Waals surface area contributed by atoms with E-state index < -0.39 is 4.92 Å². The van der Waals surface area contributed by atoms with Gasteiger partial charge in [0, 0.05) is 27.7 Å². The summed E-state index contributed by atoms with van der Waals surface area (Å²) >= 11 is 3.36. The number of halogens is 1. The van der Waals surface area contributed by atoms with Gasteiger partial charge < -0.3 is 0 Å². The molecule has 0 heterocycles. The fourth-order valence-corrected chi connectivity index (χ4v) is 2.72. The van der Waals surface area contributed by atoms with Gasteiger partial charge in [-0.3, -0.25) is 14.9 Å². The molecule has 0 fully saturated rings. The van der Waals surface area contributed by atoms with E-state index in [-0.39, 0.29) is 11.5 Å². The van der Waals surface area contributed by atoms with Gasteiger partial charge in [0.2, 0.25) is 0 Å². The summed E-state index contributed by atoms with van der Waals surface area (Å²) in [6.07, 6.45) is 0. The van der Waals surface area contributed by atoms with E-state index >= 15 is 0 Å². The minimum absolute atomic E-state index is 0.0440. The number of ketones is 1. The van der Waals surface area contributed by atoms with Crippen LogP contribution in [0.3, 0.4) is 0 Å². The van der Waals surface area contributed by atoms with Crippen molar-refractivity contribution in [2.45, 2.75) is 0 Å². The summed E-state index contributed by atoms with van der Waals surface area (Å²) in [6.45, 7) is 0. The molecule has 0 spiro atoms. The summed E-state index contributed by atoms with van der Waals surface area (Å²) in [6, 6.07) is 20.5. The topological polar surface area (TPSA) is 60.2 Å². The van der Waals surface area contributed by atoms with E-state index in [0.717, 1.165) is 10.0 Å². The molecule has 4 nitrogen and oxygen atoms in total. The zero-order valence-electron chi connectivity index (χ0n) is 12.5. The second kappa shape index (κ2) is 6.76. The van der Waals surface area contributed by atoms with Gasteiger partial charge in [-0.05, 0) is 29.3 Å². The average Bonchev–Trinajstić information content (AvgIpc) is 2.62. The number of carbonyl (C=O) groups excluding carboxylic acids is 1. The molecule has 24 heavy (non-hydrogen) atoms. The smallest absolute Gasteiger partial charge is 0.270 e. The first kappa shape index (κ1) is 16.1. The van der Waals surface area contributed by atoms with Crippen LogP contribution in [0, 0.1) is 10.1 Å². The van der Waals surface area contributed by atoms with Gasteiger partial charge >= 0.3 is 0 Å². The largest absolute Gasteiger partial charge is 0.289 e. The Morgan fingerprint density at radius 2 is 1.58 bits per heavy atom. The molecule has 3 aromatic carbocycles. The fraction of sp³-hybridized carbons (Fsp3) is 0. The Bertz CT molecular complexity index is 906. The lowest BCUT2D eigenvalue weighted by molar-refractivity contribution is -0.384. The van der Waals surface area contributed by atoms with Crippen LogP contribution >= 0.6 is 15.9 Å². The Morgan fingerprint density at radius 3 is 2.21 bits per heavy atom. The first-order valence-corrected chi connectivity index (χ1v) is 7.99. The third kappa shape index (κ3) is 3.26. The average molecular weight is 382 g/mol. The molecule has 0 saturated heterocycles. The Kier molecular flexibility index (Phi) is 4.53. The molecule has 0 unspecified atom stereocenters. The van der Waals surface area contributed by atoms with Crippen LogP contribution in [0.4, 0.5) is 5.69 Å². The van der Waals surface area contributed by atoms with Crippen LogP contribution < -0.4 is 0 Å². The number of carbonyl (C=O) groups is 1. The van der Waals surface area contributed by atoms with Gasteiger partial charge in [0.1, 0.15) is 0 Å². The molecule has 0 aliphatic rings. The number of benzene rings is 3. The molecule has 3 rings (SSSR count). The second-order valence-electron chi connectivity index (χ2n) is 5.19. The third-order valence-corrected chi connectivity index (χ3v) is 4.18. The van der Waals surface area contributed by atoms with Gasteiger partial charge in [0.05, 0.1) is 4.92 Å². The summed E-state index contributed by atoms with van der Waals surface area (Å²) < 4.78 is 0.896. The standard InChI is InChI=1S/C19H12BrNO3/c20-15-8-6-13(7-9-15)18-12-16(21(23)24)10-11-17(18)19(22)14-4-2-1-3-5-14/h1-12H. The van der Waals surface area contributed by atoms with Gasteiger partial charge in [-0.25, -0.2) is 0 Å². The van der Waals surface area contributed by atoms with Crippen molar-refractivity contribution in [1.82, 2.24) is 0 Å². The van der Waals surface area contributed by atoms with Gasteiger partial charge in [0.25, 0.3) is 5.69 Å². The predicted octanol–water partition coefficient (Wildman–Crippen LogP) is 5.26. The van der Waals surface area contributed by atoms with Crippen molar-refractivity contribution in [2.24, 2.45) is 0 Å². The minimum Gasteiger partial charge on any atom is -0.289 e. The number of hydrogen-bond acceptors (Lipinski definition) is 3. The summed E-state index contributed by atoms with van der Waals surface area (Å²) in [5.74, 6) is -0.164. The molecule has 0 atom stereocenters. The van der Waals surface area contributed by atoms with Gasteiger partial charge in [-0.2, -0.15) is 0 Å². The lowest BCUT2D eigenvalue weighted by atomic mass is 9.93. The Morgan fingerprint density at radius 1 is 0.917 bits per heavy atom. The van der Waals surface area contributed by atoms with Crippen LogP contribution in [-0.2, 0) is 0 Å². The molecule has 0 amide bonds. The molecule has 0 radical (unpaired) electrons. The van der Waals surface area contributed by atoms with Crippen LogP contribution in [0.25, 0.3) is 11.1 Å². The monoisotopic (exact) mass is 381 g/mol. The quantitative estimate of drug-likeness (QED) is 0.352. The molecule has 0 aliphatic heterocycles. The van der Waals surface area contributed by atoms with Gasteiger partial charge in [-0.15, -0.1) is 0 Å². The highest BCUT2D eigenvalue weighted by atomic mass is 79.9. The molecular formula is C19H12BrNO3. The van der Waals surface area contributed by atoms with E-state index in [4.69, 9.17) is 0 Å². The maximum atomic E-state index is 12.8. The SMILES string of the molecule is O=C(c1ccccc1)c1ccc([N+](=O)[O-])cc1-c1ccc(Br)cc1. The lowest BCUT2D eigenvalue weighted by Gasteiger charge is -2.09. The van der Waals surface area contributed by atoms with E-state index in [1.807, 2.05) is 30.3 Å². The van der Waals surface area contributed by atoms with E-state index in [9.17, 15) is 14.9 Å². The maximum Gasteiger partial charge on any atom is 0.270 e. The van der Waals surface area contributed by atoms with Crippen LogP contribution in [-0.4, -0.2) is 10.7 Å². The van der Waals surface area contributed by atoms with Crippen molar-refractivity contribution in [1.29, 1.82) is 0 Å². The highest BCUT2D eigenvalue weighted by Gasteiger charge is 2.18. The van der Waals surface area contributed by atoms with Crippen molar-refractivity contribution in [3.63, 3.8) is 0 Å². The number of nitro groups is 1. The Hall–Kier alpha value is -2.79. The second-order valence-corrected chi connectivity index (χ2v) is 6.10. The van der Waals surface area contributed by atoms with Crippen LogP contribution in [0.1, 0.15) is 15.9 Å². The molecule has 0 aromatic heterocycles. The van der Waals surface area contributed by atoms with Crippen LogP contribution in [0.2, 0.25) is 0 Å². The van der Waals surface area contributed by atoms with Crippen LogP contribution in [0.5, 0.6) is 0 Å². The summed E-state index contributed by atoms with van der Waals surface area (Å²) in [4.78, 5) is 23.5. The molecular weight excluding hydrogens is 370 g/mol. The van der Waals surface area contributed by atoms with E-state index in [1.54, 1.807) is 24.3 Å². The zero-order chi connectivity index (χ0) is 17.1. The Balaban J connectivity index is 2.17. The number of rotatable bonds is 4. The highest BCUT2D eigenvalue weighted by molar-refractivity contribution is 9.10. The molecule has 0 bridgehead atoms. The molecule has 118 valence electrons. The molecule has 3 aromatic rings. The first-order chi connectivity index (χ1) is 11.6. The van der Waals surface area contributed by atoms with E-state index in [0.29, 0.717) is 16.7 Å². The van der Waals surface area contributed by atoms with Crippen molar-refractivity contribution < 1.29 is 9.72 Å². The summed E-state index contributed by atoms with van der Waals surface area (Å²) in [5, 5.41) is 11.1. The zero-order valence-corrected chi connectivity index (χ0v) is 14.1. The molecule has 5 heteroatoms. The van der Waals surface area contributed by atoms with E-state index in [2.05, 4.69) is 15.9 Å². The predicted molar refractivity (Wildman–Crippen MR) is 96.1 cm³/mol. The van der Waals surface area contributed by atoms with Crippen LogP contribution in [0.15, 0.2) is 77.3 Å². The summed E-state index contributed by atoms with van der Waals surface area (Å²) in [5.41, 5.74) is 2.24. The number of hydrogen-bond donors (Lipinski definition) is 0. The first-order valence-electron chi connectivity index (χ1n) is 7.20.